The molecule has 2 aromatic heterocycles. The Kier molecular flexibility index (Phi) is 4.30. The Morgan fingerprint density at radius 2 is 1.89 bits per heavy atom. The number of carbonyl (C=O) groups excluding carboxylic acids is 1. The highest BCUT2D eigenvalue weighted by Gasteiger charge is 2.44. The highest BCUT2D eigenvalue weighted by atomic mass is 19.1. The number of carbonyl (C=O) groups is 1. The maximum absolute atomic E-state index is 14.1. The molecule has 2 atom stereocenters. The summed E-state index contributed by atoms with van der Waals surface area (Å²) < 4.78 is 14.1. The molecule has 4 heterocycles. The van der Waals surface area contributed by atoms with Crippen LogP contribution in [0.2, 0.25) is 0 Å². The zero-order valence-electron chi connectivity index (χ0n) is 15.6. The average molecular weight is 375 g/mol. The first-order valence-electron chi connectivity index (χ1n) is 9.95. The first kappa shape index (κ1) is 17.3. The van der Waals surface area contributed by atoms with E-state index in [-0.39, 0.29) is 23.7 Å². The van der Waals surface area contributed by atoms with Crippen LogP contribution in [0.25, 0.3) is 10.8 Å². The fraction of sp³-hybridized carbons (Fsp3) is 0.348. The first-order chi connectivity index (χ1) is 13.7. The normalized spacial score (nSPS) is 23.9. The van der Waals surface area contributed by atoms with Crippen LogP contribution in [0.4, 0.5) is 4.39 Å². The topological polar surface area (TPSA) is 46.1 Å². The Labute approximate surface area is 163 Å². The van der Waals surface area contributed by atoms with E-state index in [2.05, 4.69) is 28.2 Å². The smallest absolute Gasteiger partial charge is 0.275 e. The first-order valence-corrected chi connectivity index (χ1v) is 9.95. The van der Waals surface area contributed by atoms with Crippen LogP contribution >= 0.6 is 0 Å². The second-order valence-corrected chi connectivity index (χ2v) is 7.99. The van der Waals surface area contributed by atoms with E-state index in [1.54, 1.807) is 0 Å². The molecule has 2 unspecified atom stereocenters. The molecule has 1 aromatic carbocycles. The number of benzene rings is 1. The van der Waals surface area contributed by atoms with E-state index in [1.165, 1.54) is 34.7 Å². The van der Waals surface area contributed by atoms with Gasteiger partial charge in [-0.25, -0.2) is 9.37 Å². The quantitative estimate of drug-likeness (QED) is 0.682. The summed E-state index contributed by atoms with van der Waals surface area (Å²) >= 11 is 0. The molecule has 5 rings (SSSR count). The number of halogens is 1. The lowest BCUT2D eigenvalue weighted by Gasteiger charge is -2.39. The van der Waals surface area contributed by atoms with Crippen LogP contribution in [0, 0.1) is 11.7 Å². The zero-order valence-corrected chi connectivity index (χ0v) is 15.6. The summed E-state index contributed by atoms with van der Waals surface area (Å²) in [7, 11) is 0. The van der Waals surface area contributed by atoms with Crippen LogP contribution in [0.5, 0.6) is 0 Å². The number of hydrogen-bond acceptors (Lipinski definition) is 3. The van der Waals surface area contributed by atoms with E-state index in [0.717, 1.165) is 32.1 Å². The van der Waals surface area contributed by atoms with E-state index in [9.17, 15) is 9.18 Å². The van der Waals surface area contributed by atoms with Crippen molar-refractivity contribution < 1.29 is 9.18 Å². The lowest BCUT2D eigenvalue weighted by Crippen LogP contribution is -2.47. The second-order valence-electron chi connectivity index (χ2n) is 7.99. The lowest BCUT2D eigenvalue weighted by atomic mass is 9.84. The molecule has 28 heavy (non-hydrogen) atoms. The Morgan fingerprint density at radius 3 is 2.68 bits per heavy atom. The molecule has 0 aliphatic carbocycles. The SMILES string of the molecule is O=C(c1ncccc1F)N1C2CCC1CC(Cc1cccc3ccncc13)C2. The molecular formula is C23H22FN3O. The van der Waals surface area contributed by atoms with E-state index in [4.69, 9.17) is 0 Å². The Morgan fingerprint density at radius 1 is 1.07 bits per heavy atom. The maximum atomic E-state index is 14.1. The van der Waals surface area contributed by atoms with Gasteiger partial charge in [0.2, 0.25) is 0 Å². The number of rotatable bonds is 3. The number of aromatic nitrogens is 2. The third-order valence-electron chi connectivity index (χ3n) is 6.31. The van der Waals surface area contributed by atoms with Gasteiger partial charge in [-0.3, -0.25) is 9.78 Å². The van der Waals surface area contributed by atoms with Gasteiger partial charge in [0, 0.05) is 36.1 Å². The average Bonchev–Trinajstić information content (AvgIpc) is 2.98. The lowest BCUT2D eigenvalue weighted by molar-refractivity contribution is 0.0513. The van der Waals surface area contributed by atoms with Gasteiger partial charge < -0.3 is 4.90 Å². The molecule has 2 fully saturated rings. The zero-order chi connectivity index (χ0) is 19.1. The molecule has 4 nitrogen and oxygen atoms in total. The summed E-state index contributed by atoms with van der Waals surface area (Å²) in [4.78, 5) is 23.1. The molecule has 2 bridgehead atoms. The number of amides is 1. The highest BCUT2D eigenvalue weighted by Crippen LogP contribution is 2.41. The minimum absolute atomic E-state index is 0.0435. The van der Waals surface area contributed by atoms with E-state index < -0.39 is 5.82 Å². The molecule has 0 radical (unpaired) electrons. The Bertz CT molecular complexity index is 1020. The van der Waals surface area contributed by atoms with Crippen LogP contribution in [0.1, 0.15) is 41.7 Å². The third-order valence-corrected chi connectivity index (χ3v) is 6.31. The van der Waals surface area contributed by atoms with Gasteiger partial charge in [-0.1, -0.05) is 18.2 Å². The predicted octanol–water partition coefficient (Wildman–Crippen LogP) is 4.39. The van der Waals surface area contributed by atoms with Crippen molar-refractivity contribution in [2.45, 2.75) is 44.2 Å². The van der Waals surface area contributed by atoms with Gasteiger partial charge in [0.05, 0.1) is 0 Å². The van der Waals surface area contributed by atoms with Gasteiger partial charge in [0.1, 0.15) is 0 Å². The van der Waals surface area contributed by atoms with Crippen molar-refractivity contribution in [3.63, 3.8) is 0 Å². The molecule has 0 spiro atoms. The van der Waals surface area contributed by atoms with Crippen LogP contribution in [-0.4, -0.2) is 32.9 Å². The highest BCUT2D eigenvalue weighted by molar-refractivity contribution is 5.93. The Hall–Kier alpha value is -2.82. The summed E-state index contributed by atoms with van der Waals surface area (Å²) in [6.45, 7) is 0. The molecule has 1 amide bonds. The van der Waals surface area contributed by atoms with Crippen molar-refractivity contribution in [2.24, 2.45) is 5.92 Å². The number of fused-ring (bicyclic) bond motifs is 3. The van der Waals surface area contributed by atoms with Crippen molar-refractivity contribution in [3.05, 3.63) is 72.1 Å². The molecular weight excluding hydrogens is 353 g/mol. The molecule has 0 N–H and O–H groups in total. The largest absolute Gasteiger partial charge is 0.331 e. The van der Waals surface area contributed by atoms with Gasteiger partial charge in [-0.15, -0.1) is 0 Å². The van der Waals surface area contributed by atoms with Crippen molar-refractivity contribution in [2.75, 3.05) is 0 Å². The maximum Gasteiger partial charge on any atom is 0.275 e. The molecule has 2 saturated heterocycles. The fourth-order valence-electron chi connectivity index (χ4n) is 5.12. The van der Waals surface area contributed by atoms with Crippen LogP contribution in [0.15, 0.2) is 55.0 Å². The number of pyridine rings is 2. The number of piperidine rings is 1. The fourth-order valence-corrected chi connectivity index (χ4v) is 5.12. The summed E-state index contributed by atoms with van der Waals surface area (Å²) in [5.74, 6) is -0.253. The summed E-state index contributed by atoms with van der Waals surface area (Å²) in [6.07, 6.45) is 10.2. The third kappa shape index (κ3) is 2.95. The van der Waals surface area contributed by atoms with Crippen molar-refractivity contribution in [3.8, 4) is 0 Å². The van der Waals surface area contributed by atoms with E-state index >= 15 is 0 Å². The van der Waals surface area contributed by atoms with Crippen molar-refractivity contribution in [1.82, 2.24) is 14.9 Å². The van der Waals surface area contributed by atoms with Crippen LogP contribution < -0.4 is 0 Å². The summed E-state index contributed by atoms with van der Waals surface area (Å²) in [5, 5.41) is 2.43. The van der Waals surface area contributed by atoms with Gasteiger partial charge >= 0.3 is 0 Å². The molecule has 5 heteroatoms. The summed E-state index contributed by atoms with van der Waals surface area (Å²) in [6, 6.07) is 11.7. The van der Waals surface area contributed by atoms with Gasteiger partial charge in [-0.05, 0) is 67.2 Å². The molecule has 3 aromatic rings. The minimum Gasteiger partial charge on any atom is -0.331 e. The number of hydrogen-bond donors (Lipinski definition) is 0. The standard InChI is InChI=1S/C23H22FN3O/c24-21-5-2-9-26-22(21)23(28)27-18-6-7-19(27)13-15(12-18)11-17-4-1-3-16-8-10-25-14-20(16)17/h1-5,8-10,14-15,18-19H,6-7,11-13H2. The monoisotopic (exact) mass is 375 g/mol. The minimum atomic E-state index is -0.530. The second kappa shape index (κ2) is 6.97. The summed E-state index contributed by atoms with van der Waals surface area (Å²) in [5.41, 5.74) is 1.28. The molecule has 142 valence electrons. The molecule has 0 saturated carbocycles. The van der Waals surface area contributed by atoms with E-state index in [1.807, 2.05) is 23.4 Å². The molecule has 2 aliphatic rings. The number of nitrogens with zero attached hydrogens (tertiary/aromatic N) is 3. The predicted molar refractivity (Wildman–Crippen MR) is 105 cm³/mol. The van der Waals surface area contributed by atoms with Gasteiger partial charge in [0.25, 0.3) is 5.91 Å². The van der Waals surface area contributed by atoms with E-state index in [0.29, 0.717) is 5.92 Å². The molecule has 2 aliphatic heterocycles. The Balaban J connectivity index is 1.36. The van der Waals surface area contributed by atoms with Crippen molar-refractivity contribution in [1.29, 1.82) is 0 Å². The van der Waals surface area contributed by atoms with Gasteiger partial charge in [0.15, 0.2) is 11.5 Å². The van der Waals surface area contributed by atoms with Crippen LogP contribution in [0.3, 0.4) is 0 Å². The van der Waals surface area contributed by atoms with Crippen molar-refractivity contribution >= 4 is 16.7 Å². The van der Waals surface area contributed by atoms with Crippen LogP contribution in [-0.2, 0) is 6.42 Å². The van der Waals surface area contributed by atoms with Gasteiger partial charge in [-0.2, -0.15) is 0 Å².